The monoisotopic (exact) mass is 506 g/mol. The highest BCUT2D eigenvalue weighted by Gasteiger charge is 2.39. The Morgan fingerprint density at radius 1 is 1.58 bits per heavy atom. The number of allylic oxidation sites excluding steroid dienone is 1. The second-order valence-corrected chi connectivity index (χ2v) is 8.20. The fraction of sp³-hybridized carbons (Fsp3) is 0.364. The van der Waals surface area contributed by atoms with Gasteiger partial charge in [0, 0.05) is 30.7 Å². The number of amidine groups is 1. The third-order valence-electron chi connectivity index (χ3n) is 4.55. The first kappa shape index (κ1) is 24.8. The minimum absolute atomic E-state index is 0.275. The van der Waals surface area contributed by atoms with E-state index in [0.717, 1.165) is 30.1 Å². The number of halogens is 2. The van der Waals surface area contributed by atoms with E-state index < -0.39 is 6.04 Å². The number of nitrogens with zero attached hydrogens (tertiary/aromatic N) is 4. The van der Waals surface area contributed by atoms with Gasteiger partial charge in [0.2, 0.25) is 0 Å². The molecule has 1 atom stereocenters. The number of carbonyl (C=O) groups is 1. The second-order valence-electron chi connectivity index (χ2n) is 6.39. The zero-order valence-electron chi connectivity index (χ0n) is 17.7. The van der Waals surface area contributed by atoms with Gasteiger partial charge in [0.1, 0.15) is 16.9 Å². The van der Waals surface area contributed by atoms with Crippen molar-refractivity contribution >= 4 is 44.5 Å². The number of esters is 1. The fourth-order valence-electron chi connectivity index (χ4n) is 3.44. The zero-order valence-corrected chi connectivity index (χ0v) is 20.1. The molecule has 9 heteroatoms. The third-order valence-corrected chi connectivity index (χ3v) is 6.00. The lowest BCUT2D eigenvalue weighted by atomic mass is 9.95. The van der Waals surface area contributed by atoms with Crippen LogP contribution in [0.3, 0.4) is 0 Å². The van der Waals surface area contributed by atoms with Crippen LogP contribution in [0.2, 0.25) is 0 Å². The molecule has 1 fully saturated rings. The fourth-order valence-corrected chi connectivity index (χ4v) is 4.54. The summed E-state index contributed by atoms with van der Waals surface area (Å²) in [6.45, 7) is 8.01. The molecule has 1 unspecified atom stereocenters. The molecule has 0 aromatic heterocycles. The first-order chi connectivity index (χ1) is 14.9. The van der Waals surface area contributed by atoms with Crippen molar-refractivity contribution in [1.82, 2.24) is 4.90 Å². The number of aliphatic imine (C=N–C) groups is 2. The van der Waals surface area contributed by atoms with Crippen LogP contribution in [0.5, 0.6) is 0 Å². The van der Waals surface area contributed by atoms with Gasteiger partial charge in [-0.05, 0) is 42.9 Å². The Bertz CT molecular complexity index is 984. The largest absolute Gasteiger partial charge is 0.463 e. The predicted octanol–water partition coefficient (Wildman–Crippen LogP) is 5.39. The van der Waals surface area contributed by atoms with Crippen molar-refractivity contribution < 1.29 is 13.9 Å². The van der Waals surface area contributed by atoms with Crippen LogP contribution in [0.15, 0.2) is 55.9 Å². The van der Waals surface area contributed by atoms with Gasteiger partial charge < -0.3 is 9.64 Å². The molecule has 3 rings (SSSR count). The van der Waals surface area contributed by atoms with E-state index in [2.05, 4.69) is 27.5 Å². The van der Waals surface area contributed by atoms with Gasteiger partial charge in [0.15, 0.2) is 5.84 Å². The summed E-state index contributed by atoms with van der Waals surface area (Å²) in [6, 6.07) is 5.55. The zero-order chi connectivity index (χ0) is 23.0. The standard InChI is InChI=1S/C20H21BrFN3O2S.C2H3N/c1-4-27-20(26)16-15-7-6-10-25(15)18(19(23-3)28-5-2)24-17(16)13-9-8-12(22)11-14(13)21;1-2-3/h5,8-9,11,17H,2,4,6-7,10H2,1,3H3;1H3. The highest BCUT2D eigenvalue weighted by molar-refractivity contribution is 9.10. The van der Waals surface area contributed by atoms with E-state index in [9.17, 15) is 9.18 Å². The summed E-state index contributed by atoms with van der Waals surface area (Å²) in [7, 11) is 1.71. The number of rotatable bonds is 5. The molecule has 0 aliphatic carbocycles. The number of hydrogen-bond acceptors (Lipinski definition) is 7. The van der Waals surface area contributed by atoms with Crippen LogP contribution in [0.4, 0.5) is 4.39 Å². The maximum absolute atomic E-state index is 13.7. The van der Waals surface area contributed by atoms with Gasteiger partial charge in [-0.15, -0.1) is 0 Å². The first-order valence-corrected chi connectivity index (χ1v) is 11.4. The summed E-state index contributed by atoms with van der Waals surface area (Å²) >= 11 is 4.81. The molecule has 6 nitrogen and oxygen atoms in total. The van der Waals surface area contributed by atoms with Gasteiger partial charge >= 0.3 is 5.97 Å². The topological polar surface area (TPSA) is 78.0 Å². The summed E-state index contributed by atoms with van der Waals surface area (Å²) in [6.07, 6.45) is 1.66. The molecule has 0 radical (unpaired) electrons. The van der Waals surface area contributed by atoms with Crippen molar-refractivity contribution in [3.05, 3.63) is 57.3 Å². The van der Waals surface area contributed by atoms with E-state index in [4.69, 9.17) is 15.0 Å². The molecule has 0 amide bonds. The van der Waals surface area contributed by atoms with Crippen LogP contribution in [0, 0.1) is 17.1 Å². The molecule has 2 aliphatic rings. The number of thioether (sulfide) groups is 1. The van der Waals surface area contributed by atoms with Crippen molar-refractivity contribution in [1.29, 1.82) is 5.26 Å². The Kier molecular flexibility index (Phi) is 9.46. The molecule has 2 heterocycles. The minimum atomic E-state index is -0.601. The van der Waals surface area contributed by atoms with Crippen molar-refractivity contribution in [3.63, 3.8) is 0 Å². The Hall–Kier alpha value is -2.44. The van der Waals surface area contributed by atoms with Gasteiger partial charge in [0.25, 0.3) is 0 Å². The summed E-state index contributed by atoms with van der Waals surface area (Å²) < 4.78 is 19.6. The van der Waals surface area contributed by atoms with E-state index in [1.165, 1.54) is 30.8 Å². The van der Waals surface area contributed by atoms with Crippen LogP contribution < -0.4 is 0 Å². The normalized spacial score (nSPS) is 17.8. The average Bonchev–Trinajstić information content (AvgIpc) is 3.21. The van der Waals surface area contributed by atoms with E-state index >= 15 is 0 Å². The van der Waals surface area contributed by atoms with E-state index in [1.54, 1.807) is 31.5 Å². The van der Waals surface area contributed by atoms with Gasteiger partial charge in [-0.2, -0.15) is 5.26 Å². The van der Waals surface area contributed by atoms with E-state index in [1.807, 2.05) is 4.90 Å². The van der Waals surface area contributed by atoms with Crippen LogP contribution in [-0.2, 0) is 9.53 Å². The molecule has 31 heavy (non-hydrogen) atoms. The highest BCUT2D eigenvalue weighted by Crippen LogP contribution is 2.42. The number of benzene rings is 1. The first-order valence-electron chi connectivity index (χ1n) is 9.69. The Balaban J connectivity index is 0.00000107. The Labute approximate surface area is 194 Å². The van der Waals surface area contributed by atoms with Gasteiger partial charge in [0.05, 0.1) is 18.2 Å². The second kappa shape index (κ2) is 11.8. The average molecular weight is 507 g/mol. The third kappa shape index (κ3) is 5.63. The molecule has 1 aromatic carbocycles. The van der Waals surface area contributed by atoms with Crippen LogP contribution in [-0.4, -0.2) is 41.9 Å². The lowest BCUT2D eigenvalue weighted by Gasteiger charge is -2.32. The Morgan fingerprint density at radius 3 is 2.87 bits per heavy atom. The maximum atomic E-state index is 13.7. The van der Waals surface area contributed by atoms with Crippen LogP contribution >= 0.6 is 27.7 Å². The van der Waals surface area contributed by atoms with Crippen LogP contribution in [0.25, 0.3) is 0 Å². The molecule has 0 bridgehead atoms. The molecule has 0 saturated carbocycles. The highest BCUT2D eigenvalue weighted by atomic mass is 79.9. The summed E-state index contributed by atoms with van der Waals surface area (Å²) in [5.41, 5.74) is 2.12. The van der Waals surface area contributed by atoms with E-state index in [0.29, 0.717) is 21.4 Å². The van der Waals surface area contributed by atoms with Gasteiger partial charge in [-0.1, -0.05) is 40.3 Å². The molecule has 164 valence electrons. The molecular formula is C22H24BrFN4O2S. The minimum Gasteiger partial charge on any atom is -0.463 e. The number of ether oxygens (including phenoxy) is 1. The Morgan fingerprint density at radius 2 is 2.29 bits per heavy atom. The molecule has 1 aromatic rings. The molecule has 0 spiro atoms. The molecule has 2 aliphatic heterocycles. The molecule has 1 saturated heterocycles. The van der Waals surface area contributed by atoms with Crippen molar-refractivity contribution in [2.24, 2.45) is 9.98 Å². The van der Waals surface area contributed by atoms with E-state index in [-0.39, 0.29) is 18.4 Å². The van der Waals surface area contributed by atoms with Gasteiger partial charge in [-0.3, -0.25) is 9.98 Å². The number of nitriles is 1. The quantitative estimate of drug-likeness (QED) is 0.304. The SMILES string of the molecule is C=CSC(=NC)C1=NC(c2ccc(F)cc2Br)C(C(=O)OCC)=C2CCCN12.CC#N. The predicted molar refractivity (Wildman–Crippen MR) is 126 cm³/mol. The summed E-state index contributed by atoms with van der Waals surface area (Å²) in [4.78, 5) is 24.1. The van der Waals surface area contributed by atoms with Crippen molar-refractivity contribution in [3.8, 4) is 6.07 Å². The van der Waals surface area contributed by atoms with Gasteiger partial charge in [-0.25, -0.2) is 9.18 Å². The molecular weight excluding hydrogens is 483 g/mol. The summed E-state index contributed by atoms with van der Waals surface area (Å²) in [5.74, 6) is -0.0459. The van der Waals surface area contributed by atoms with Crippen molar-refractivity contribution in [2.75, 3.05) is 20.2 Å². The van der Waals surface area contributed by atoms with Crippen molar-refractivity contribution in [2.45, 2.75) is 32.7 Å². The number of fused-ring (bicyclic) bond motifs is 1. The summed E-state index contributed by atoms with van der Waals surface area (Å²) in [5, 5.41) is 9.74. The smallest absolute Gasteiger partial charge is 0.338 e. The maximum Gasteiger partial charge on any atom is 0.338 e. The lowest BCUT2D eigenvalue weighted by molar-refractivity contribution is -0.139. The number of hydrogen-bond donors (Lipinski definition) is 0. The lowest BCUT2D eigenvalue weighted by Crippen LogP contribution is -2.38. The molecule has 0 N–H and O–H groups in total. The number of carbonyl (C=O) groups excluding carboxylic acids is 1. The van der Waals surface area contributed by atoms with Crippen LogP contribution in [0.1, 0.15) is 38.3 Å².